The molecule has 0 aromatic carbocycles. The minimum absolute atomic E-state index is 0.0620. The Labute approximate surface area is 95.8 Å². The lowest BCUT2D eigenvalue weighted by Crippen LogP contribution is -2.48. The van der Waals surface area contributed by atoms with Crippen molar-refractivity contribution in [2.24, 2.45) is 22.5 Å². The van der Waals surface area contributed by atoms with Gasteiger partial charge in [0, 0.05) is 5.41 Å². The molecule has 0 aliphatic heterocycles. The smallest absolute Gasteiger partial charge is 0.164 e. The number of carbonyl (C=O) groups is 1. The minimum Gasteiger partial charge on any atom is -0.376 e. The third-order valence-electron chi connectivity index (χ3n) is 4.83. The van der Waals surface area contributed by atoms with Crippen molar-refractivity contribution in [2.75, 3.05) is 0 Å². The van der Waals surface area contributed by atoms with Crippen LogP contribution in [0, 0.1) is 16.7 Å². The molecule has 2 aliphatic rings. The minimum atomic E-state index is -0.194. The number of nitrogens with two attached hydrogens (primary N) is 1. The van der Waals surface area contributed by atoms with E-state index in [1.807, 2.05) is 0 Å². The molecule has 2 rings (SSSR count). The topological polar surface area (TPSA) is 55.1 Å². The predicted octanol–water partition coefficient (Wildman–Crippen LogP) is 1.21. The molecule has 2 aliphatic carbocycles. The van der Waals surface area contributed by atoms with Crippen molar-refractivity contribution in [3.8, 4) is 0 Å². The van der Waals surface area contributed by atoms with E-state index in [9.17, 15) is 4.79 Å². The monoisotopic (exact) mass is 226 g/mol. The molecule has 0 aromatic rings. The molecule has 15 heavy (non-hydrogen) atoms. The van der Waals surface area contributed by atoms with E-state index in [1.165, 1.54) is 0 Å². The Morgan fingerprint density at radius 2 is 2.13 bits per heavy atom. The Morgan fingerprint density at radius 3 is 2.53 bits per heavy atom. The highest BCUT2D eigenvalue weighted by Crippen LogP contribution is 2.63. The predicted molar refractivity (Wildman–Crippen MR) is 63.3 cm³/mol. The molecule has 0 aromatic heterocycles. The fourth-order valence-corrected chi connectivity index (χ4v) is 3.53. The normalized spacial score (nSPS) is 41.9. The molecule has 0 saturated heterocycles. The fraction of sp³-hybridized carbons (Fsp3) is 0.818. The number of rotatable bonds is 1. The molecule has 3 atom stereocenters. The van der Waals surface area contributed by atoms with Crippen LogP contribution in [-0.4, -0.2) is 16.9 Å². The van der Waals surface area contributed by atoms with Gasteiger partial charge in [-0.3, -0.25) is 4.79 Å². The third-order valence-corrected chi connectivity index (χ3v) is 4.95. The van der Waals surface area contributed by atoms with Gasteiger partial charge in [0.2, 0.25) is 0 Å². The van der Waals surface area contributed by atoms with Crippen LogP contribution in [0.2, 0.25) is 0 Å². The number of Topliss-reactive ketones (excluding diaryl/α,β-unsaturated/α-hetero) is 1. The van der Waals surface area contributed by atoms with E-state index in [0.717, 1.165) is 12.8 Å². The lowest BCUT2D eigenvalue weighted by atomic mass is 9.70. The average Bonchev–Trinajstić information content (AvgIpc) is 2.40. The van der Waals surface area contributed by atoms with Crippen molar-refractivity contribution in [3.05, 3.63) is 0 Å². The molecule has 0 unspecified atom stereocenters. The molecular weight excluding hydrogens is 208 g/mol. The van der Waals surface area contributed by atoms with Gasteiger partial charge in [-0.2, -0.15) is 0 Å². The largest absolute Gasteiger partial charge is 0.376 e. The number of nitrogens with one attached hydrogen (secondary N) is 1. The maximum atomic E-state index is 12.3. The SMILES string of the molecule is CC1(C)[C@H]2CC[C@]1(C)C(=O)[C@@H]2NC(N)=S. The first-order valence-corrected chi connectivity index (χ1v) is 5.82. The summed E-state index contributed by atoms with van der Waals surface area (Å²) in [6, 6.07) is -0.156. The Balaban J connectivity index is 2.34. The van der Waals surface area contributed by atoms with Gasteiger partial charge in [-0.25, -0.2) is 0 Å². The summed E-state index contributed by atoms with van der Waals surface area (Å²) in [6.07, 6.45) is 2.09. The summed E-state index contributed by atoms with van der Waals surface area (Å²) in [7, 11) is 0. The van der Waals surface area contributed by atoms with Crippen LogP contribution >= 0.6 is 12.2 Å². The second kappa shape index (κ2) is 2.94. The van der Waals surface area contributed by atoms with Crippen LogP contribution in [0.25, 0.3) is 0 Å². The van der Waals surface area contributed by atoms with E-state index in [-0.39, 0.29) is 27.8 Å². The highest BCUT2D eigenvalue weighted by Gasteiger charge is 2.66. The first kappa shape index (κ1) is 10.9. The third kappa shape index (κ3) is 1.17. The van der Waals surface area contributed by atoms with Crippen molar-refractivity contribution in [1.82, 2.24) is 5.32 Å². The van der Waals surface area contributed by atoms with E-state index < -0.39 is 0 Å². The van der Waals surface area contributed by atoms with Crippen molar-refractivity contribution in [3.63, 3.8) is 0 Å². The maximum Gasteiger partial charge on any atom is 0.164 e. The van der Waals surface area contributed by atoms with Crippen LogP contribution < -0.4 is 11.1 Å². The van der Waals surface area contributed by atoms with Crippen molar-refractivity contribution in [1.29, 1.82) is 0 Å². The van der Waals surface area contributed by atoms with Gasteiger partial charge < -0.3 is 11.1 Å². The van der Waals surface area contributed by atoms with Gasteiger partial charge in [-0.1, -0.05) is 20.8 Å². The van der Waals surface area contributed by atoms with Gasteiger partial charge in [0.05, 0.1) is 6.04 Å². The second-order valence-electron chi connectivity index (χ2n) is 5.55. The molecule has 0 radical (unpaired) electrons. The Morgan fingerprint density at radius 1 is 1.53 bits per heavy atom. The molecule has 2 saturated carbocycles. The molecule has 4 heteroatoms. The first-order chi connectivity index (χ1) is 6.80. The molecule has 0 heterocycles. The average molecular weight is 226 g/mol. The van der Waals surface area contributed by atoms with Crippen LogP contribution in [-0.2, 0) is 4.79 Å². The molecule has 3 nitrogen and oxygen atoms in total. The van der Waals surface area contributed by atoms with Crippen LogP contribution in [0.1, 0.15) is 33.6 Å². The zero-order valence-corrected chi connectivity index (χ0v) is 10.3. The first-order valence-electron chi connectivity index (χ1n) is 5.41. The molecule has 3 N–H and O–H groups in total. The number of hydrogen-bond acceptors (Lipinski definition) is 2. The maximum absolute atomic E-state index is 12.3. The Bertz CT molecular complexity index is 339. The number of fused-ring (bicyclic) bond motifs is 2. The van der Waals surface area contributed by atoms with Crippen LogP contribution in [0.3, 0.4) is 0 Å². The van der Waals surface area contributed by atoms with Crippen LogP contribution in [0.5, 0.6) is 0 Å². The summed E-state index contributed by atoms with van der Waals surface area (Å²) in [5.41, 5.74) is 5.33. The summed E-state index contributed by atoms with van der Waals surface area (Å²) >= 11 is 4.83. The number of hydrogen-bond donors (Lipinski definition) is 2. The van der Waals surface area contributed by atoms with E-state index >= 15 is 0 Å². The number of ketones is 1. The fourth-order valence-electron chi connectivity index (χ4n) is 3.41. The lowest BCUT2D eigenvalue weighted by molar-refractivity contribution is -0.129. The molecular formula is C11H18N2OS. The van der Waals surface area contributed by atoms with E-state index in [1.54, 1.807) is 0 Å². The van der Waals surface area contributed by atoms with E-state index in [0.29, 0.717) is 5.92 Å². The summed E-state index contributed by atoms with van der Waals surface area (Å²) in [6.45, 7) is 6.45. The summed E-state index contributed by atoms with van der Waals surface area (Å²) in [5, 5.41) is 3.20. The highest BCUT2D eigenvalue weighted by atomic mass is 32.1. The van der Waals surface area contributed by atoms with Gasteiger partial charge in [0.25, 0.3) is 0 Å². The van der Waals surface area contributed by atoms with Gasteiger partial charge in [-0.15, -0.1) is 0 Å². The summed E-state index contributed by atoms with van der Waals surface area (Å²) < 4.78 is 0. The molecule has 2 fully saturated rings. The van der Waals surface area contributed by atoms with Crippen molar-refractivity contribution >= 4 is 23.1 Å². The summed E-state index contributed by atoms with van der Waals surface area (Å²) in [5.74, 6) is 0.660. The van der Waals surface area contributed by atoms with E-state index in [4.69, 9.17) is 18.0 Å². The zero-order chi connectivity index (χ0) is 11.4. The van der Waals surface area contributed by atoms with Gasteiger partial charge in [0.15, 0.2) is 10.9 Å². The van der Waals surface area contributed by atoms with Crippen LogP contribution in [0.4, 0.5) is 0 Å². The molecule has 0 amide bonds. The van der Waals surface area contributed by atoms with Gasteiger partial charge >= 0.3 is 0 Å². The quantitative estimate of drug-likeness (QED) is 0.660. The highest BCUT2D eigenvalue weighted by molar-refractivity contribution is 7.80. The molecule has 2 bridgehead atoms. The van der Waals surface area contributed by atoms with Crippen molar-refractivity contribution < 1.29 is 4.79 Å². The van der Waals surface area contributed by atoms with Gasteiger partial charge in [-0.05, 0) is 36.4 Å². The summed E-state index contributed by atoms with van der Waals surface area (Å²) in [4.78, 5) is 12.3. The molecule has 84 valence electrons. The van der Waals surface area contributed by atoms with Crippen molar-refractivity contribution in [2.45, 2.75) is 39.7 Å². The Kier molecular flexibility index (Phi) is 2.13. The van der Waals surface area contributed by atoms with Gasteiger partial charge in [0.1, 0.15) is 0 Å². The molecule has 0 spiro atoms. The lowest BCUT2D eigenvalue weighted by Gasteiger charge is -2.32. The number of carbonyl (C=O) groups excluding carboxylic acids is 1. The second-order valence-corrected chi connectivity index (χ2v) is 5.99. The standard InChI is InChI=1S/C11H18N2OS/c1-10(2)6-4-5-11(10,3)8(14)7(6)13-9(12)15/h6-7H,4-5H2,1-3H3,(H3,12,13,15)/t6-,7+,11+/m0/s1. The van der Waals surface area contributed by atoms with E-state index in [2.05, 4.69) is 26.1 Å². The number of thiocarbonyl (C=S) groups is 1. The van der Waals surface area contributed by atoms with Crippen LogP contribution in [0.15, 0.2) is 0 Å². The zero-order valence-electron chi connectivity index (χ0n) is 9.46. The Hall–Kier alpha value is -0.640.